The van der Waals surface area contributed by atoms with Gasteiger partial charge in [0.2, 0.25) is 0 Å². The van der Waals surface area contributed by atoms with Gasteiger partial charge in [-0.2, -0.15) is 0 Å². The maximum Gasteiger partial charge on any atom is 0.307 e. The molecular formula is C41H45N3O7. The van der Waals surface area contributed by atoms with Crippen molar-refractivity contribution in [1.82, 2.24) is 14.8 Å². The second-order valence-corrected chi connectivity index (χ2v) is 12.3. The maximum absolute atomic E-state index is 13.0. The lowest BCUT2D eigenvalue weighted by molar-refractivity contribution is -0.143. The third kappa shape index (κ3) is 10.8. The predicted molar refractivity (Wildman–Crippen MR) is 196 cm³/mol. The van der Waals surface area contributed by atoms with E-state index in [1.807, 2.05) is 91.0 Å². The molecule has 0 aliphatic carbocycles. The highest BCUT2D eigenvalue weighted by molar-refractivity contribution is 5.98. The number of aliphatic hydroxyl groups excluding tert-OH is 2. The van der Waals surface area contributed by atoms with Crippen LogP contribution < -0.4 is 9.47 Å². The number of para-hydroxylation sites is 1. The van der Waals surface area contributed by atoms with E-state index in [9.17, 15) is 19.8 Å². The predicted octanol–water partition coefficient (Wildman–Crippen LogP) is 5.90. The number of pyridine rings is 1. The molecule has 1 amide bonds. The number of aliphatic hydroxyl groups is 2. The Bertz CT molecular complexity index is 1840. The van der Waals surface area contributed by atoms with Gasteiger partial charge in [-0.1, -0.05) is 60.7 Å². The Labute approximate surface area is 298 Å². The van der Waals surface area contributed by atoms with Crippen LogP contribution in [0.1, 0.15) is 34.8 Å². The lowest BCUT2D eigenvalue weighted by Crippen LogP contribution is -2.44. The van der Waals surface area contributed by atoms with Gasteiger partial charge in [0.15, 0.2) is 0 Å². The second kappa shape index (κ2) is 18.6. The first-order valence-electron chi connectivity index (χ1n) is 17.1. The zero-order valence-electron chi connectivity index (χ0n) is 29.1. The van der Waals surface area contributed by atoms with Crippen LogP contribution in [0.15, 0.2) is 115 Å². The molecular weight excluding hydrogens is 646 g/mol. The van der Waals surface area contributed by atoms with Gasteiger partial charge in [-0.3, -0.25) is 19.5 Å². The monoisotopic (exact) mass is 691 g/mol. The van der Waals surface area contributed by atoms with Crippen molar-refractivity contribution in [3.63, 3.8) is 0 Å². The van der Waals surface area contributed by atoms with E-state index in [-0.39, 0.29) is 44.1 Å². The number of hydrogen-bond donors (Lipinski definition) is 2. The standard InChI is InChI=1S/C41H45N3O7/c1-3-49-40(47)21-23-43(2)41(48)32-16-19-37-38(25-32)42-22-20-39(37)51-36-17-14-30(15-18-36)24-33(28-45)44(26-31-10-6-4-7-11-31)27-34(46)29-50-35-12-8-5-9-13-35/h4-20,22,25,33-34,45-46H,3,21,23-24,26-29H2,1-2H3/t33-,34-/m0/s1. The minimum Gasteiger partial charge on any atom is -0.491 e. The largest absolute Gasteiger partial charge is 0.491 e. The summed E-state index contributed by atoms with van der Waals surface area (Å²) in [6.45, 7) is 3.22. The fourth-order valence-electron chi connectivity index (χ4n) is 5.75. The summed E-state index contributed by atoms with van der Waals surface area (Å²) < 4.78 is 17.0. The molecule has 0 aliphatic rings. The topological polar surface area (TPSA) is 122 Å². The van der Waals surface area contributed by atoms with Crippen molar-refractivity contribution in [3.8, 4) is 17.2 Å². The number of aromatic nitrogens is 1. The number of amides is 1. The minimum absolute atomic E-state index is 0.0912. The number of nitrogens with zero attached hydrogens (tertiary/aromatic N) is 3. The first kappa shape index (κ1) is 37.0. The molecule has 0 fully saturated rings. The zero-order valence-corrected chi connectivity index (χ0v) is 29.1. The average molecular weight is 692 g/mol. The summed E-state index contributed by atoms with van der Waals surface area (Å²) in [5.74, 6) is 1.35. The zero-order chi connectivity index (χ0) is 36.0. The Balaban J connectivity index is 1.23. The van der Waals surface area contributed by atoms with E-state index in [2.05, 4.69) is 9.88 Å². The summed E-state index contributed by atoms with van der Waals surface area (Å²) in [4.78, 5) is 32.8. The van der Waals surface area contributed by atoms with Crippen LogP contribution in [0, 0.1) is 0 Å². The van der Waals surface area contributed by atoms with Gasteiger partial charge in [-0.25, -0.2) is 0 Å². The third-order valence-corrected chi connectivity index (χ3v) is 8.46. The maximum atomic E-state index is 13.0. The Morgan fingerprint density at radius 3 is 2.29 bits per heavy atom. The molecule has 0 aliphatic heterocycles. The SMILES string of the molecule is CCOC(=O)CCN(C)C(=O)c1ccc2c(Oc3ccc(C[C@@H](CO)N(Cc4ccccc4)C[C@H](O)COc4ccccc4)cc3)ccnc2c1. The van der Waals surface area contributed by atoms with E-state index in [4.69, 9.17) is 14.2 Å². The molecule has 0 unspecified atom stereocenters. The van der Waals surface area contributed by atoms with Crippen molar-refractivity contribution in [1.29, 1.82) is 0 Å². The van der Waals surface area contributed by atoms with Gasteiger partial charge < -0.3 is 29.3 Å². The molecule has 0 radical (unpaired) electrons. The van der Waals surface area contributed by atoms with Gasteiger partial charge >= 0.3 is 5.97 Å². The van der Waals surface area contributed by atoms with Crippen LogP contribution in [0.3, 0.4) is 0 Å². The molecule has 51 heavy (non-hydrogen) atoms. The van der Waals surface area contributed by atoms with Gasteiger partial charge in [-0.15, -0.1) is 0 Å². The average Bonchev–Trinajstić information content (AvgIpc) is 3.16. The van der Waals surface area contributed by atoms with Crippen molar-refractivity contribution in [2.45, 2.75) is 38.5 Å². The van der Waals surface area contributed by atoms with Crippen molar-refractivity contribution >= 4 is 22.8 Å². The normalized spacial score (nSPS) is 12.3. The summed E-state index contributed by atoms with van der Waals surface area (Å²) in [7, 11) is 1.65. The van der Waals surface area contributed by atoms with Crippen molar-refractivity contribution in [3.05, 3.63) is 132 Å². The molecule has 4 aromatic carbocycles. The quantitative estimate of drug-likeness (QED) is 0.108. The molecule has 5 aromatic rings. The van der Waals surface area contributed by atoms with Crippen molar-refractivity contribution in [2.75, 3.05) is 40.0 Å². The number of carbonyl (C=O) groups excluding carboxylic acids is 2. The summed E-state index contributed by atoms with van der Waals surface area (Å²) in [6.07, 6.45) is 1.55. The molecule has 266 valence electrons. The number of benzene rings is 4. The summed E-state index contributed by atoms with van der Waals surface area (Å²) in [5.41, 5.74) is 3.15. The fraction of sp³-hybridized carbons (Fsp3) is 0.293. The smallest absolute Gasteiger partial charge is 0.307 e. The molecule has 0 bridgehead atoms. The fourth-order valence-corrected chi connectivity index (χ4v) is 5.75. The molecule has 10 nitrogen and oxygen atoms in total. The summed E-state index contributed by atoms with van der Waals surface area (Å²) >= 11 is 0. The van der Waals surface area contributed by atoms with Gasteiger partial charge in [-0.05, 0) is 73.0 Å². The molecule has 2 atom stereocenters. The van der Waals surface area contributed by atoms with Crippen LogP contribution >= 0.6 is 0 Å². The Morgan fingerprint density at radius 1 is 0.863 bits per heavy atom. The second-order valence-electron chi connectivity index (χ2n) is 12.3. The number of carbonyl (C=O) groups is 2. The van der Waals surface area contributed by atoms with Gasteiger partial charge in [0.1, 0.15) is 30.0 Å². The van der Waals surface area contributed by atoms with Crippen LogP contribution in [0.4, 0.5) is 0 Å². The van der Waals surface area contributed by atoms with Crippen LogP contribution in [0.5, 0.6) is 17.2 Å². The lowest BCUT2D eigenvalue weighted by atomic mass is 10.0. The Morgan fingerprint density at radius 2 is 1.59 bits per heavy atom. The highest BCUT2D eigenvalue weighted by Gasteiger charge is 2.22. The molecule has 0 saturated heterocycles. The number of ether oxygens (including phenoxy) is 3. The van der Waals surface area contributed by atoms with Crippen LogP contribution in [0.2, 0.25) is 0 Å². The molecule has 2 N–H and O–H groups in total. The number of rotatable bonds is 18. The molecule has 0 spiro atoms. The van der Waals surface area contributed by atoms with Gasteiger partial charge in [0.25, 0.3) is 5.91 Å². The van der Waals surface area contributed by atoms with Crippen LogP contribution in [0.25, 0.3) is 10.9 Å². The minimum atomic E-state index is -0.764. The Kier molecular flexibility index (Phi) is 13.5. The molecule has 5 rings (SSSR count). The van der Waals surface area contributed by atoms with Gasteiger partial charge in [0.05, 0.1) is 25.2 Å². The van der Waals surface area contributed by atoms with Crippen molar-refractivity contribution in [2.24, 2.45) is 0 Å². The Hall–Kier alpha value is -5.29. The highest BCUT2D eigenvalue weighted by atomic mass is 16.5. The molecule has 10 heteroatoms. The summed E-state index contributed by atoms with van der Waals surface area (Å²) in [6, 6.07) is 33.9. The first-order chi connectivity index (χ1) is 24.8. The molecule has 1 heterocycles. The molecule has 1 aromatic heterocycles. The van der Waals surface area contributed by atoms with E-state index in [1.165, 1.54) is 4.90 Å². The highest BCUT2D eigenvalue weighted by Crippen LogP contribution is 2.30. The first-order valence-corrected chi connectivity index (χ1v) is 17.1. The van der Waals surface area contributed by atoms with E-state index in [1.54, 1.807) is 38.4 Å². The van der Waals surface area contributed by atoms with Crippen molar-refractivity contribution < 1.29 is 34.0 Å². The summed E-state index contributed by atoms with van der Waals surface area (Å²) in [5, 5.41) is 22.2. The van der Waals surface area contributed by atoms with E-state index in [0.29, 0.717) is 54.4 Å². The number of hydrogen-bond acceptors (Lipinski definition) is 9. The molecule has 0 saturated carbocycles. The van der Waals surface area contributed by atoms with Gasteiger partial charge in [0, 0.05) is 49.9 Å². The lowest BCUT2D eigenvalue weighted by Gasteiger charge is -2.32. The van der Waals surface area contributed by atoms with Crippen LogP contribution in [-0.4, -0.2) is 89.0 Å². The van der Waals surface area contributed by atoms with E-state index in [0.717, 1.165) is 16.5 Å². The number of esters is 1. The van der Waals surface area contributed by atoms with Crippen LogP contribution in [-0.2, 0) is 22.5 Å². The third-order valence-electron chi connectivity index (χ3n) is 8.46. The van der Waals surface area contributed by atoms with E-state index < -0.39 is 6.10 Å². The van der Waals surface area contributed by atoms with E-state index >= 15 is 0 Å². The number of fused-ring (bicyclic) bond motifs is 1.